The van der Waals surface area contributed by atoms with Crippen molar-refractivity contribution in [3.63, 3.8) is 0 Å². The molecule has 2 nitrogen and oxygen atoms in total. The summed E-state index contributed by atoms with van der Waals surface area (Å²) in [5, 5.41) is 9.52. The molecule has 84 valence electrons. The Morgan fingerprint density at radius 3 is 2.21 bits per heavy atom. The maximum atomic E-state index is 9.52. The van der Waals surface area contributed by atoms with Gasteiger partial charge in [-0.1, -0.05) is 19.8 Å². The van der Waals surface area contributed by atoms with Crippen LogP contribution in [0.5, 0.6) is 0 Å². The predicted octanol–water partition coefficient (Wildman–Crippen LogP) is 2.27. The Morgan fingerprint density at radius 1 is 1.29 bits per heavy atom. The normalized spacial score (nSPS) is 21.0. The molecule has 1 N–H and O–H groups in total. The highest BCUT2D eigenvalue weighted by Gasteiger charge is 2.34. The third-order valence-corrected chi connectivity index (χ3v) is 3.67. The lowest BCUT2D eigenvalue weighted by atomic mass is 9.86. The smallest absolute Gasteiger partial charge is 0.0499 e. The van der Waals surface area contributed by atoms with Crippen LogP contribution in [0.1, 0.15) is 46.5 Å². The number of rotatable bonds is 5. The largest absolute Gasteiger partial charge is 0.396 e. The zero-order chi connectivity index (χ0) is 10.6. The molecule has 1 aliphatic carbocycles. The molecule has 14 heavy (non-hydrogen) atoms. The van der Waals surface area contributed by atoms with E-state index in [4.69, 9.17) is 0 Å². The van der Waals surface area contributed by atoms with E-state index in [1.54, 1.807) is 0 Å². The maximum Gasteiger partial charge on any atom is 0.0499 e. The van der Waals surface area contributed by atoms with Crippen molar-refractivity contribution in [1.29, 1.82) is 0 Å². The van der Waals surface area contributed by atoms with Crippen LogP contribution in [-0.2, 0) is 0 Å². The molecule has 0 bridgehead atoms. The van der Waals surface area contributed by atoms with Crippen LogP contribution in [0.3, 0.4) is 0 Å². The minimum Gasteiger partial charge on any atom is -0.396 e. The lowest BCUT2D eigenvalue weighted by Crippen LogP contribution is -2.42. The monoisotopic (exact) mass is 199 g/mol. The maximum absolute atomic E-state index is 9.52. The van der Waals surface area contributed by atoms with Gasteiger partial charge >= 0.3 is 0 Å². The number of aliphatic hydroxyl groups is 1. The zero-order valence-electron chi connectivity index (χ0n) is 9.92. The number of hydrogen-bond donors (Lipinski definition) is 1. The molecule has 0 atom stereocenters. The van der Waals surface area contributed by atoms with Crippen molar-refractivity contribution in [2.75, 3.05) is 19.7 Å². The topological polar surface area (TPSA) is 23.5 Å². The molecule has 0 unspecified atom stereocenters. The van der Waals surface area contributed by atoms with Crippen molar-refractivity contribution in [2.24, 2.45) is 5.41 Å². The van der Waals surface area contributed by atoms with E-state index in [0.29, 0.717) is 12.6 Å². The zero-order valence-corrected chi connectivity index (χ0v) is 9.92. The van der Waals surface area contributed by atoms with Gasteiger partial charge in [0.25, 0.3) is 0 Å². The van der Waals surface area contributed by atoms with Gasteiger partial charge in [0, 0.05) is 24.6 Å². The fourth-order valence-electron chi connectivity index (χ4n) is 2.58. The molecule has 0 saturated heterocycles. The third kappa shape index (κ3) is 2.71. The Labute approximate surface area is 88.3 Å². The summed E-state index contributed by atoms with van der Waals surface area (Å²) in [7, 11) is 0. The molecule has 1 rings (SSSR count). The van der Waals surface area contributed by atoms with Crippen molar-refractivity contribution in [3.8, 4) is 0 Å². The van der Waals surface area contributed by atoms with Gasteiger partial charge in [-0.3, -0.25) is 0 Å². The van der Waals surface area contributed by atoms with Crippen molar-refractivity contribution in [2.45, 2.75) is 52.5 Å². The molecular formula is C12H25NO. The minimum atomic E-state index is 0.222. The second-order valence-electron chi connectivity index (χ2n) is 5.02. The minimum absolute atomic E-state index is 0.222. The Bertz CT molecular complexity index is 162. The summed E-state index contributed by atoms with van der Waals surface area (Å²) >= 11 is 0. The van der Waals surface area contributed by atoms with E-state index >= 15 is 0 Å². The molecule has 0 amide bonds. The van der Waals surface area contributed by atoms with Crippen LogP contribution in [0.25, 0.3) is 0 Å². The van der Waals surface area contributed by atoms with E-state index in [2.05, 4.69) is 25.7 Å². The summed E-state index contributed by atoms with van der Waals surface area (Å²) in [6, 6.07) is 0.601. The molecule has 1 aliphatic rings. The van der Waals surface area contributed by atoms with Crippen LogP contribution in [0.4, 0.5) is 0 Å². The number of nitrogens with zero attached hydrogens (tertiary/aromatic N) is 1. The van der Waals surface area contributed by atoms with E-state index in [9.17, 15) is 5.11 Å². The Balaban J connectivity index is 2.53. The second-order valence-corrected chi connectivity index (χ2v) is 5.02. The summed E-state index contributed by atoms with van der Waals surface area (Å²) in [4.78, 5) is 2.47. The third-order valence-electron chi connectivity index (χ3n) is 3.67. The van der Waals surface area contributed by atoms with Crippen LogP contribution < -0.4 is 0 Å². The molecule has 0 aromatic carbocycles. The van der Waals surface area contributed by atoms with Gasteiger partial charge in [-0.15, -0.1) is 0 Å². The number of aliphatic hydroxyl groups excluding tert-OH is 1. The van der Waals surface area contributed by atoms with Crippen molar-refractivity contribution >= 4 is 0 Å². The van der Waals surface area contributed by atoms with Crippen LogP contribution in [0.15, 0.2) is 0 Å². The molecule has 0 spiro atoms. The fourth-order valence-corrected chi connectivity index (χ4v) is 2.58. The van der Waals surface area contributed by atoms with Gasteiger partial charge in [0.2, 0.25) is 0 Å². The number of hydrogen-bond acceptors (Lipinski definition) is 2. The Kier molecular flexibility index (Phi) is 4.39. The highest BCUT2D eigenvalue weighted by molar-refractivity contribution is 4.87. The molecule has 0 radical (unpaired) electrons. The van der Waals surface area contributed by atoms with Gasteiger partial charge in [-0.2, -0.15) is 0 Å². The standard InChI is InChI=1S/C12H25NO/c1-4-13(11(2)3)9-12(10-14)7-5-6-8-12/h11,14H,4-10H2,1-3H3. The first kappa shape index (κ1) is 12.0. The van der Waals surface area contributed by atoms with Crippen molar-refractivity contribution in [3.05, 3.63) is 0 Å². The van der Waals surface area contributed by atoms with Crippen LogP contribution in [0, 0.1) is 5.41 Å². The summed E-state index contributed by atoms with van der Waals surface area (Å²) in [5.74, 6) is 0. The lowest BCUT2D eigenvalue weighted by molar-refractivity contribution is 0.0674. The van der Waals surface area contributed by atoms with E-state index in [-0.39, 0.29) is 5.41 Å². The lowest BCUT2D eigenvalue weighted by Gasteiger charge is -2.35. The van der Waals surface area contributed by atoms with Gasteiger partial charge in [0.1, 0.15) is 0 Å². The first-order valence-electron chi connectivity index (χ1n) is 5.98. The first-order valence-corrected chi connectivity index (χ1v) is 5.98. The van der Waals surface area contributed by atoms with Gasteiger partial charge in [0.15, 0.2) is 0 Å². The first-order chi connectivity index (χ1) is 6.63. The van der Waals surface area contributed by atoms with Gasteiger partial charge in [-0.25, -0.2) is 0 Å². The van der Waals surface area contributed by atoms with E-state index < -0.39 is 0 Å². The molecule has 2 heteroatoms. The summed E-state index contributed by atoms with van der Waals surface area (Å²) < 4.78 is 0. The van der Waals surface area contributed by atoms with Crippen LogP contribution in [-0.4, -0.2) is 35.7 Å². The van der Waals surface area contributed by atoms with Gasteiger partial charge < -0.3 is 10.0 Å². The van der Waals surface area contributed by atoms with E-state index in [1.165, 1.54) is 25.7 Å². The molecule has 1 saturated carbocycles. The molecule has 0 aromatic heterocycles. The predicted molar refractivity (Wildman–Crippen MR) is 60.4 cm³/mol. The van der Waals surface area contributed by atoms with E-state index in [1.807, 2.05) is 0 Å². The molecule has 0 aliphatic heterocycles. The summed E-state index contributed by atoms with van der Waals surface area (Å²) in [6.07, 6.45) is 5.03. The fraction of sp³-hybridized carbons (Fsp3) is 1.00. The molecule has 1 fully saturated rings. The summed E-state index contributed by atoms with van der Waals surface area (Å²) in [6.45, 7) is 9.24. The highest BCUT2D eigenvalue weighted by Crippen LogP contribution is 2.38. The quantitative estimate of drug-likeness (QED) is 0.734. The molecule has 0 heterocycles. The molecule has 0 aromatic rings. The van der Waals surface area contributed by atoms with Crippen molar-refractivity contribution in [1.82, 2.24) is 4.90 Å². The highest BCUT2D eigenvalue weighted by atomic mass is 16.3. The average Bonchev–Trinajstić information content (AvgIpc) is 2.63. The van der Waals surface area contributed by atoms with E-state index in [0.717, 1.165) is 13.1 Å². The van der Waals surface area contributed by atoms with Gasteiger partial charge in [-0.05, 0) is 33.2 Å². The Hall–Kier alpha value is -0.0800. The average molecular weight is 199 g/mol. The Morgan fingerprint density at radius 2 is 1.86 bits per heavy atom. The molecular weight excluding hydrogens is 174 g/mol. The van der Waals surface area contributed by atoms with Gasteiger partial charge in [0.05, 0.1) is 0 Å². The van der Waals surface area contributed by atoms with Crippen LogP contribution in [0.2, 0.25) is 0 Å². The van der Waals surface area contributed by atoms with Crippen LogP contribution >= 0.6 is 0 Å². The summed E-state index contributed by atoms with van der Waals surface area (Å²) in [5.41, 5.74) is 0.222. The second kappa shape index (κ2) is 5.13. The van der Waals surface area contributed by atoms with Crippen molar-refractivity contribution < 1.29 is 5.11 Å². The SMILES string of the molecule is CCN(CC1(CO)CCCC1)C(C)C.